The third-order valence-corrected chi connectivity index (χ3v) is 3.17. The SMILES string of the molecule is CCOC(=O)c1ccnc(N2CCOCC2CO)c1N. The number of nitrogen functional groups attached to an aromatic ring is 1. The molecule has 1 aliphatic heterocycles. The molecule has 0 aliphatic carbocycles. The molecule has 0 saturated carbocycles. The fourth-order valence-corrected chi connectivity index (χ4v) is 2.16. The molecule has 2 heterocycles. The number of esters is 1. The minimum atomic E-state index is -0.470. The summed E-state index contributed by atoms with van der Waals surface area (Å²) < 4.78 is 10.3. The normalized spacial score (nSPS) is 18.9. The van der Waals surface area contributed by atoms with Gasteiger partial charge in [0.1, 0.15) is 0 Å². The molecule has 0 amide bonds. The summed E-state index contributed by atoms with van der Waals surface area (Å²) in [6.45, 7) is 3.45. The Balaban J connectivity index is 2.32. The number of aromatic nitrogens is 1. The van der Waals surface area contributed by atoms with Gasteiger partial charge < -0.3 is 25.2 Å². The van der Waals surface area contributed by atoms with Crippen molar-refractivity contribution in [1.29, 1.82) is 0 Å². The van der Waals surface area contributed by atoms with Gasteiger partial charge in [0.05, 0.1) is 43.7 Å². The van der Waals surface area contributed by atoms with Crippen LogP contribution in [0.4, 0.5) is 11.5 Å². The Morgan fingerprint density at radius 1 is 1.70 bits per heavy atom. The van der Waals surface area contributed by atoms with Gasteiger partial charge >= 0.3 is 5.97 Å². The zero-order valence-corrected chi connectivity index (χ0v) is 11.4. The molecule has 0 bridgehead atoms. The average molecular weight is 281 g/mol. The first kappa shape index (κ1) is 14.5. The minimum Gasteiger partial charge on any atom is -0.462 e. The summed E-state index contributed by atoms with van der Waals surface area (Å²) in [5.41, 5.74) is 6.60. The van der Waals surface area contributed by atoms with E-state index in [1.807, 2.05) is 4.90 Å². The van der Waals surface area contributed by atoms with E-state index in [1.54, 1.807) is 6.92 Å². The third kappa shape index (κ3) is 2.83. The maximum Gasteiger partial charge on any atom is 0.340 e. The van der Waals surface area contributed by atoms with E-state index in [2.05, 4.69) is 4.98 Å². The summed E-state index contributed by atoms with van der Waals surface area (Å²) in [5.74, 6) is 0.0142. The van der Waals surface area contributed by atoms with Crippen LogP contribution in [0.2, 0.25) is 0 Å². The third-order valence-electron chi connectivity index (χ3n) is 3.17. The van der Waals surface area contributed by atoms with E-state index in [9.17, 15) is 9.90 Å². The van der Waals surface area contributed by atoms with Crippen LogP contribution in [-0.2, 0) is 9.47 Å². The Bertz CT molecular complexity index is 481. The lowest BCUT2D eigenvalue weighted by atomic mass is 10.1. The summed E-state index contributed by atoms with van der Waals surface area (Å²) in [4.78, 5) is 17.9. The monoisotopic (exact) mass is 281 g/mol. The van der Waals surface area contributed by atoms with Crippen molar-refractivity contribution in [2.75, 3.05) is 43.6 Å². The number of carbonyl (C=O) groups is 1. The van der Waals surface area contributed by atoms with Gasteiger partial charge in [0, 0.05) is 12.7 Å². The van der Waals surface area contributed by atoms with E-state index in [0.29, 0.717) is 31.1 Å². The van der Waals surface area contributed by atoms with Crippen LogP contribution in [-0.4, -0.2) is 55.1 Å². The number of hydrogen-bond acceptors (Lipinski definition) is 7. The number of ether oxygens (including phenoxy) is 2. The van der Waals surface area contributed by atoms with Gasteiger partial charge in [-0.2, -0.15) is 0 Å². The largest absolute Gasteiger partial charge is 0.462 e. The van der Waals surface area contributed by atoms with Crippen LogP contribution in [0.5, 0.6) is 0 Å². The van der Waals surface area contributed by atoms with Crippen molar-refractivity contribution in [2.24, 2.45) is 0 Å². The molecule has 20 heavy (non-hydrogen) atoms. The highest BCUT2D eigenvalue weighted by Crippen LogP contribution is 2.27. The number of hydrogen-bond donors (Lipinski definition) is 2. The summed E-state index contributed by atoms with van der Waals surface area (Å²) in [6, 6.07) is 1.32. The Morgan fingerprint density at radius 3 is 3.20 bits per heavy atom. The lowest BCUT2D eigenvalue weighted by Crippen LogP contribution is -2.48. The number of carbonyl (C=O) groups excluding carboxylic acids is 1. The fourth-order valence-electron chi connectivity index (χ4n) is 2.16. The van der Waals surface area contributed by atoms with Crippen molar-refractivity contribution in [3.8, 4) is 0 Å². The fraction of sp³-hybridized carbons (Fsp3) is 0.538. The van der Waals surface area contributed by atoms with E-state index >= 15 is 0 Å². The van der Waals surface area contributed by atoms with E-state index in [1.165, 1.54) is 12.3 Å². The second-order valence-electron chi connectivity index (χ2n) is 4.42. The zero-order valence-electron chi connectivity index (χ0n) is 11.4. The van der Waals surface area contributed by atoms with Gasteiger partial charge in [-0.15, -0.1) is 0 Å². The van der Waals surface area contributed by atoms with Crippen molar-refractivity contribution in [3.63, 3.8) is 0 Å². The molecular formula is C13H19N3O4. The molecule has 3 N–H and O–H groups in total. The molecule has 1 aromatic rings. The minimum absolute atomic E-state index is 0.0647. The molecule has 7 heteroatoms. The lowest BCUT2D eigenvalue weighted by molar-refractivity contribution is 0.0527. The molecule has 0 aromatic carbocycles. The molecule has 1 saturated heterocycles. The van der Waals surface area contributed by atoms with Gasteiger partial charge in [-0.1, -0.05) is 0 Å². The van der Waals surface area contributed by atoms with Crippen LogP contribution in [0.25, 0.3) is 0 Å². The first-order valence-corrected chi connectivity index (χ1v) is 6.55. The smallest absolute Gasteiger partial charge is 0.340 e. The van der Waals surface area contributed by atoms with E-state index in [4.69, 9.17) is 15.2 Å². The van der Waals surface area contributed by atoms with Gasteiger partial charge in [-0.3, -0.25) is 0 Å². The molecule has 2 rings (SSSR count). The maximum atomic E-state index is 11.8. The highest BCUT2D eigenvalue weighted by molar-refractivity contribution is 5.97. The van der Waals surface area contributed by atoms with E-state index in [-0.39, 0.29) is 24.9 Å². The van der Waals surface area contributed by atoms with Crippen molar-refractivity contribution in [3.05, 3.63) is 17.8 Å². The molecule has 0 radical (unpaired) electrons. The Hall–Kier alpha value is -1.86. The molecule has 1 unspecified atom stereocenters. The van der Waals surface area contributed by atoms with Gasteiger partial charge in [0.25, 0.3) is 0 Å². The highest BCUT2D eigenvalue weighted by Gasteiger charge is 2.27. The first-order chi connectivity index (χ1) is 9.69. The topological polar surface area (TPSA) is 97.9 Å². The van der Waals surface area contributed by atoms with Gasteiger partial charge in [0.15, 0.2) is 5.82 Å². The van der Waals surface area contributed by atoms with Crippen LogP contribution < -0.4 is 10.6 Å². The number of rotatable bonds is 4. The number of anilines is 2. The molecule has 7 nitrogen and oxygen atoms in total. The quantitative estimate of drug-likeness (QED) is 0.752. The molecule has 1 atom stereocenters. The molecular weight excluding hydrogens is 262 g/mol. The van der Waals surface area contributed by atoms with E-state index in [0.717, 1.165) is 0 Å². The first-order valence-electron chi connectivity index (χ1n) is 6.55. The number of morpholine rings is 1. The molecule has 1 aliphatic rings. The van der Waals surface area contributed by atoms with Crippen molar-refractivity contribution in [2.45, 2.75) is 13.0 Å². The summed E-state index contributed by atoms with van der Waals surface area (Å²) >= 11 is 0. The van der Waals surface area contributed by atoms with Crippen molar-refractivity contribution < 1.29 is 19.4 Å². The average Bonchev–Trinajstić information content (AvgIpc) is 2.47. The van der Waals surface area contributed by atoms with Gasteiger partial charge in [0.2, 0.25) is 0 Å². The van der Waals surface area contributed by atoms with Crippen LogP contribution >= 0.6 is 0 Å². The van der Waals surface area contributed by atoms with Crippen molar-refractivity contribution >= 4 is 17.5 Å². The lowest BCUT2D eigenvalue weighted by Gasteiger charge is -2.36. The van der Waals surface area contributed by atoms with E-state index < -0.39 is 5.97 Å². The number of pyridine rings is 1. The van der Waals surface area contributed by atoms with Crippen LogP contribution in [0, 0.1) is 0 Å². The summed E-state index contributed by atoms with van der Waals surface area (Å²) in [7, 11) is 0. The zero-order chi connectivity index (χ0) is 14.5. The summed E-state index contributed by atoms with van der Waals surface area (Å²) in [6.07, 6.45) is 1.52. The summed E-state index contributed by atoms with van der Waals surface area (Å²) in [5, 5.41) is 9.39. The standard InChI is InChI=1S/C13H19N3O4/c1-2-20-13(18)10-3-4-15-12(11(10)14)16-5-6-19-8-9(16)7-17/h3-4,9,17H,2,5-8,14H2,1H3. The second kappa shape index (κ2) is 6.53. The van der Waals surface area contributed by atoms with Crippen LogP contribution in [0.3, 0.4) is 0 Å². The Kier molecular flexibility index (Phi) is 4.75. The highest BCUT2D eigenvalue weighted by atomic mass is 16.5. The number of nitrogens with two attached hydrogens (primary N) is 1. The second-order valence-corrected chi connectivity index (χ2v) is 4.42. The predicted octanol–water partition coefficient (Wildman–Crippen LogP) is 0.0380. The number of aliphatic hydroxyl groups excluding tert-OH is 1. The van der Waals surface area contributed by atoms with Gasteiger partial charge in [-0.05, 0) is 13.0 Å². The molecule has 1 fully saturated rings. The molecule has 0 spiro atoms. The molecule has 110 valence electrons. The Morgan fingerprint density at radius 2 is 2.50 bits per heavy atom. The number of aliphatic hydroxyl groups is 1. The predicted molar refractivity (Wildman–Crippen MR) is 73.6 cm³/mol. The molecule has 1 aromatic heterocycles. The van der Waals surface area contributed by atoms with Crippen LogP contribution in [0.15, 0.2) is 12.3 Å². The maximum absolute atomic E-state index is 11.8. The van der Waals surface area contributed by atoms with Crippen LogP contribution in [0.1, 0.15) is 17.3 Å². The van der Waals surface area contributed by atoms with Gasteiger partial charge in [-0.25, -0.2) is 9.78 Å². The van der Waals surface area contributed by atoms with Crippen molar-refractivity contribution in [1.82, 2.24) is 4.98 Å². The Labute approximate surface area is 117 Å². The number of nitrogens with zero attached hydrogens (tertiary/aromatic N) is 2.